The van der Waals surface area contributed by atoms with Gasteiger partial charge in [-0.05, 0) is 126 Å². The fourth-order valence-electron chi connectivity index (χ4n) is 8.11. The summed E-state index contributed by atoms with van der Waals surface area (Å²) in [5.74, 6) is 2.15. The van der Waals surface area contributed by atoms with E-state index in [0.717, 1.165) is 28.4 Å². The number of aromatic nitrogens is 6. The van der Waals surface area contributed by atoms with Gasteiger partial charge >= 0.3 is 54.6 Å². The van der Waals surface area contributed by atoms with Gasteiger partial charge in [-0.15, -0.1) is 0 Å². The second kappa shape index (κ2) is 33.6. The van der Waals surface area contributed by atoms with Crippen molar-refractivity contribution in [2.24, 2.45) is 0 Å². The molecule has 0 unspecified atom stereocenters. The molecule has 9 aromatic rings. The van der Waals surface area contributed by atoms with Crippen molar-refractivity contribution in [3.8, 4) is 39.8 Å². The van der Waals surface area contributed by atoms with E-state index < -0.39 is 25.0 Å². The number of benzene rings is 6. The number of esters is 2. The molecule has 0 bridgehead atoms. The van der Waals surface area contributed by atoms with Crippen LogP contribution in [0.4, 0.5) is 17.5 Å². The van der Waals surface area contributed by atoms with Crippen LogP contribution in [0.1, 0.15) is 80.0 Å². The molecule has 0 aliphatic carbocycles. The van der Waals surface area contributed by atoms with Crippen molar-refractivity contribution < 1.29 is 88.3 Å². The molecular weight excluding hydrogens is 1140 g/mol. The number of aromatic carboxylic acids is 1. The van der Waals surface area contributed by atoms with Gasteiger partial charge in [0.25, 0.3) is 0 Å². The molecule has 87 heavy (non-hydrogen) atoms. The van der Waals surface area contributed by atoms with Gasteiger partial charge in [0.1, 0.15) is 28.6 Å². The van der Waals surface area contributed by atoms with Crippen molar-refractivity contribution in [2.45, 2.75) is 67.1 Å². The molecule has 0 saturated heterocycles. The molecule has 21 nitrogen and oxygen atoms in total. The Bertz CT molecular complexity index is 3790. The zero-order valence-corrected chi connectivity index (χ0v) is 53.6. The van der Waals surface area contributed by atoms with E-state index in [2.05, 4.69) is 42.6 Å². The Kier molecular flexibility index (Phi) is 28.2. The average Bonchev–Trinajstić information content (AvgIpc) is 1.06. The normalized spacial score (nSPS) is 10.3. The van der Waals surface area contributed by atoms with Gasteiger partial charge in [-0.1, -0.05) is 61.5 Å². The molecule has 6 aromatic carbocycles. The van der Waals surface area contributed by atoms with Gasteiger partial charge in [0.15, 0.2) is 22.6 Å². The number of rotatable bonds is 15. The van der Waals surface area contributed by atoms with Crippen LogP contribution in [0.15, 0.2) is 127 Å². The van der Waals surface area contributed by atoms with Crippen molar-refractivity contribution in [3.63, 3.8) is 0 Å². The number of halogens is 1. The van der Waals surface area contributed by atoms with E-state index in [1.807, 2.05) is 93.3 Å². The topological polar surface area (TPSA) is 275 Å². The van der Waals surface area contributed by atoms with Crippen molar-refractivity contribution in [1.82, 2.24) is 29.9 Å². The number of ether oxygens (including phenoxy) is 5. The quantitative estimate of drug-likeness (QED) is 0.0660. The molecule has 0 amide bonds. The van der Waals surface area contributed by atoms with Gasteiger partial charge in [0.05, 0.1) is 85.3 Å². The summed E-state index contributed by atoms with van der Waals surface area (Å²) in [6.45, 7) is 12.4. The maximum atomic E-state index is 11.9. The van der Waals surface area contributed by atoms with Crippen molar-refractivity contribution in [3.05, 3.63) is 149 Å². The Morgan fingerprint density at radius 3 is 1.16 bits per heavy atom. The zero-order chi connectivity index (χ0) is 61.5. The molecule has 0 saturated carbocycles. The minimum absolute atomic E-state index is 0. The summed E-state index contributed by atoms with van der Waals surface area (Å²) in [7, 11) is 11.8. The Labute approximate surface area is 535 Å². The van der Waals surface area contributed by atoms with Gasteiger partial charge in [-0.3, -0.25) is 0 Å². The summed E-state index contributed by atoms with van der Waals surface area (Å²) in [5, 5.41) is 27.2. The molecule has 24 heteroatoms. The first-order valence-corrected chi connectivity index (χ1v) is 26.9. The van der Waals surface area contributed by atoms with Gasteiger partial charge in [-0.2, -0.15) is 0 Å². The first-order chi connectivity index (χ1) is 40.1. The Hall–Kier alpha value is -8.22. The number of hydrogen-bond acceptors (Lipinski definition) is 20. The molecular formula is C63H74BClN9NaO12. The van der Waals surface area contributed by atoms with Crippen LogP contribution in [0.25, 0.3) is 55.6 Å². The standard InChI is InChI=1S/C21H23N3O3.C20H21N3O3.C14H16ClN3O2.C7H9BO3.CH4.Na.H2O/c1-13(2)24(3)20-19(15-8-6-7-9-18(15)26-4)22-16-11-10-14(21(25)27-5)12-17(16)23-20;1-12(2)23(3)19-18(14-7-5-6-8-17(14)26-4)21-15-10-9-13(20(24)25)11-16(15)22-19;1-8(2)18(3)13-12(15)16-10-6-5-9(14(19)20-4)7-11(10)17-13;1-11-7-5-3-2-4-6(7)8(9)10;;;/h6-13H,1-5H3;5-12H,1-4H3,(H,24,25);5-8H,1-4H3;2-5,9-10H,1H3;1H4;;1H2/q;;;;;+1;/p-1. The molecule has 0 radical (unpaired) electrons. The number of carbonyl (C=O) groups excluding carboxylic acids is 2. The third-order valence-electron chi connectivity index (χ3n) is 13.5. The molecule has 3 aromatic heterocycles. The monoisotopic (exact) mass is 1220 g/mol. The summed E-state index contributed by atoms with van der Waals surface area (Å²) >= 11 is 6.16. The van der Waals surface area contributed by atoms with Crippen molar-refractivity contribution >= 4 is 92.6 Å². The van der Waals surface area contributed by atoms with Gasteiger partial charge in [0, 0.05) is 55.9 Å². The number of nitrogens with zero attached hydrogens (tertiary/aromatic N) is 9. The van der Waals surface area contributed by atoms with E-state index in [1.54, 1.807) is 87.0 Å². The second-order valence-electron chi connectivity index (χ2n) is 19.7. The fraction of sp³-hybridized carbons (Fsp3) is 0.286. The number of carbonyl (C=O) groups is 3. The summed E-state index contributed by atoms with van der Waals surface area (Å²) in [6, 6.07) is 37.8. The van der Waals surface area contributed by atoms with Crippen LogP contribution in [0, 0.1) is 0 Å². The third kappa shape index (κ3) is 17.9. The number of carboxylic acids is 1. The Morgan fingerprint density at radius 2 is 0.805 bits per heavy atom. The maximum Gasteiger partial charge on any atom is 1.00 e. The summed E-state index contributed by atoms with van der Waals surface area (Å²) < 4.78 is 25.4. The number of anilines is 3. The van der Waals surface area contributed by atoms with E-state index in [9.17, 15) is 19.5 Å². The first-order valence-electron chi connectivity index (χ1n) is 26.5. The number of para-hydroxylation sites is 3. The molecule has 0 fully saturated rings. The molecule has 454 valence electrons. The van der Waals surface area contributed by atoms with E-state index >= 15 is 0 Å². The summed E-state index contributed by atoms with van der Waals surface area (Å²) in [5.41, 5.74) is 8.39. The molecule has 0 aliphatic rings. The molecule has 3 heterocycles. The zero-order valence-electron chi connectivity index (χ0n) is 50.9. The summed E-state index contributed by atoms with van der Waals surface area (Å²) in [4.78, 5) is 68.7. The first kappa shape index (κ1) is 73.0. The fourth-order valence-corrected chi connectivity index (χ4v) is 8.37. The minimum atomic E-state index is -1.47. The third-order valence-corrected chi connectivity index (χ3v) is 13.7. The van der Waals surface area contributed by atoms with E-state index in [0.29, 0.717) is 83.7 Å². The molecule has 9 rings (SSSR count). The average molecular weight is 1220 g/mol. The second-order valence-corrected chi connectivity index (χ2v) is 20.0. The van der Waals surface area contributed by atoms with Crippen LogP contribution in [0.5, 0.6) is 17.2 Å². The smallest absolute Gasteiger partial charge is 0.870 e. The number of fused-ring (bicyclic) bond motifs is 3. The van der Waals surface area contributed by atoms with Crippen LogP contribution in [0.2, 0.25) is 5.15 Å². The maximum absolute atomic E-state index is 11.9. The molecule has 0 spiro atoms. The van der Waals surface area contributed by atoms with Crippen molar-refractivity contribution in [2.75, 3.05) is 71.4 Å². The van der Waals surface area contributed by atoms with Crippen LogP contribution in [0.3, 0.4) is 0 Å². The predicted octanol–water partition coefficient (Wildman–Crippen LogP) is 7.54. The summed E-state index contributed by atoms with van der Waals surface area (Å²) in [6.07, 6.45) is 0. The predicted molar refractivity (Wildman–Crippen MR) is 339 cm³/mol. The van der Waals surface area contributed by atoms with E-state index in [4.69, 9.17) is 65.3 Å². The van der Waals surface area contributed by atoms with Crippen LogP contribution < -0.4 is 63.9 Å². The minimum Gasteiger partial charge on any atom is -0.870 e. The number of methoxy groups -OCH3 is 5. The number of hydrogen-bond donors (Lipinski definition) is 3. The van der Waals surface area contributed by atoms with Gasteiger partial charge in [0.2, 0.25) is 0 Å². The molecule has 4 N–H and O–H groups in total. The van der Waals surface area contributed by atoms with E-state index in [-0.39, 0.29) is 66.1 Å². The Morgan fingerprint density at radius 1 is 0.471 bits per heavy atom. The van der Waals surface area contributed by atoms with Crippen LogP contribution >= 0.6 is 11.6 Å². The number of carboxylic acid groups (broad SMARTS) is 1. The van der Waals surface area contributed by atoms with Crippen LogP contribution in [-0.2, 0) is 9.47 Å². The van der Waals surface area contributed by atoms with Crippen LogP contribution in [-0.4, -0.2) is 150 Å². The van der Waals surface area contributed by atoms with Crippen molar-refractivity contribution in [1.29, 1.82) is 0 Å². The SMILES string of the molecule is C.COC(=O)c1ccc2nc(-c3ccccc3OC)c(N(C)C(C)C)nc2c1.COC(=O)c1ccc2nc(Cl)c(N(C)C(C)C)nc2c1.COc1ccccc1-c1nc2ccc(C(=O)O)cc2nc1N(C)C(C)C.COc1ccccc1B(O)O.[Na+].[OH-]. The van der Waals surface area contributed by atoms with E-state index in [1.165, 1.54) is 27.4 Å². The van der Waals surface area contributed by atoms with Gasteiger partial charge in [-0.25, -0.2) is 44.3 Å². The molecule has 0 atom stereocenters. The Balaban J connectivity index is 0.000000312. The largest absolute Gasteiger partial charge is 1.00 e. The van der Waals surface area contributed by atoms with Gasteiger partial charge < -0.3 is 59.0 Å². The molecule has 0 aliphatic heterocycles.